The van der Waals surface area contributed by atoms with Crippen LogP contribution in [0.5, 0.6) is 0 Å². The van der Waals surface area contributed by atoms with Crippen molar-refractivity contribution in [2.24, 2.45) is 0 Å². The first kappa shape index (κ1) is 13.1. The molecule has 98 valence electrons. The number of carbonyl (C=O) groups excluding carboxylic acids is 1. The Balaban J connectivity index is 2.15. The first-order valence-corrected chi connectivity index (χ1v) is 6.23. The van der Waals surface area contributed by atoms with E-state index in [0.29, 0.717) is 5.56 Å². The minimum atomic E-state index is -0.241. The fourth-order valence-electron chi connectivity index (χ4n) is 1.79. The second kappa shape index (κ2) is 5.52. The van der Waals surface area contributed by atoms with E-state index < -0.39 is 0 Å². The molecule has 0 unspecified atom stereocenters. The monoisotopic (exact) mass is 255 g/mol. The summed E-state index contributed by atoms with van der Waals surface area (Å²) in [5.41, 5.74) is 8.92. The summed E-state index contributed by atoms with van der Waals surface area (Å²) in [6.45, 7) is 3.92. The fraction of sp³-hybridized carbons (Fsp3) is 0.200. The van der Waals surface area contributed by atoms with Crippen LogP contribution in [0.2, 0.25) is 0 Å². The lowest BCUT2D eigenvalue weighted by atomic mass is 10.1. The molecule has 0 bridgehead atoms. The number of nitrogens with two attached hydrogens (primary N) is 1. The predicted octanol–water partition coefficient (Wildman–Crippen LogP) is 2.79. The van der Waals surface area contributed by atoms with Gasteiger partial charge in [-0.15, -0.1) is 0 Å². The normalized spacial score (nSPS) is 10.2. The third-order valence-electron chi connectivity index (χ3n) is 2.93. The Morgan fingerprint density at radius 1 is 1.21 bits per heavy atom. The van der Waals surface area contributed by atoms with E-state index in [1.165, 1.54) is 5.56 Å². The Morgan fingerprint density at radius 3 is 2.47 bits per heavy atom. The van der Waals surface area contributed by atoms with Gasteiger partial charge in [0.2, 0.25) is 0 Å². The average Bonchev–Trinajstić information content (AvgIpc) is 2.39. The Morgan fingerprint density at radius 2 is 1.89 bits per heavy atom. The molecule has 1 aromatic heterocycles. The molecule has 2 aromatic rings. The Labute approximate surface area is 112 Å². The van der Waals surface area contributed by atoms with Gasteiger partial charge in [0.1, 0.15) is 5.82 Å². The van der Waals surface area contributed by atoms with Gasteiger partial charge >= 0.3 is 0 Å². The molecule has 0 saturated heterocycles. The lowest BCUT2D eigenvalue weighted by Gasteiger charge is -2.08. The number of hydrogen-bond donors (Lipinski definition) is 2. The topological polar surface area (TPSA) is 68.0 Å². The van der Waals surface area contributed by atoms with E-state index in [-0.39, 0.29) is 11.7 Å². The molecule has 0 spiro atoms. The standard InChI is InChI=1S/C15H17N3O/c1-3-11-5-7-12(8-6-11)18-15(19)13-9-4-10(2)17-14(13)16/h4-9H,3H2,1-2H3,(H2,16,17)(H,18,19). The van der Waals surface area contributed by atoms with E-state index in [1.54, 1.807) is 12.1 Å². The molecule has 4 nitrogen and oxygen atoms in total. The van der Waals surface area contributed by atoms with Crippen LogP contribution in [0.4, 0.5) is 11.5 Å². The largest absolute Gasteiger partial charge is 0.383 e. The molecule has 2 rings (SSSR count). The van der Waals surface area contributed by atoms with Crippen molar-refractivity contribution in [1.29, 1.82) is 0 Å². The number of pyridine rings is 1. The number of rotatable bonds is 3. The molecular formula is C15H17N3O. The molecule has 0 aliphatic rings. The van der Waals surface area contributed by atoms with Crippen molar-refractivity contribution in [3.05, 3.63) is 53.2 Å². The first-order chi connectivity index (χ1) is 9.10. The van der Waals surface area contributed by atoms with Crippen molar-refractivity contribution in [3.8, 4) is 0 Å². The van der Waals surface area contributed by atoms with Gasteiger partial charge in [-0.05, 0) is 43.2 Å². The molecule has 3 N–H and O–H groups in total. The van der Waals surface area contributed by atoms with Crippen molar-refractivity contribution in [1.82, 2.24) is 4.98 Å². The molecule has 1 aromatic carbocycles. The van der Waals surface area contributed by atoms with Crippen molar-refractivity contribution >= 4 is 17.4 Å². The number of nitrogens with zero attached hydrogens (tertiary/aromatic N) is 1. The van der Waals surface area contributed by atoms with Crippen molar-refractivity contribution in [3.63, 3.8) is 0 Å². The van der Waals surface area contributed by atoms with Gasteiger partial charge in [-0.25, -0.2) is 4.98 Å². The van der Waals surface area contributed by atoms with Crippen LogP contribution in [0.15, 0.2) is 36.4 Å². The summed E-state index contributed by atoms with van der Waals surface area (Å²) in [4.78, 5) is 16.2. The second-order valence-electron chi connectivity index (χ2n) is 4.39. The van der Waals surface area contributed by atoms with Crippen LogP contribution < -0.4 is 11.1 Å². The fourth-order valence-corrected chi connectivity index (χ4v) is 1.79. The van der Waals surface area contributed by atoms with Crippen LogP contribution in [0.3, 0.4) is 0 Å². The molecule has 0 radical (unpaired) electrons. The molecule has 0 aliphatic heterocycles. The highest BCUT2D eigenvalue weighted by Gasteiger charge is 2.10. The number of benzene rings is 1. The van der Waals surface area contributed by atoms with Crippen molar-refractivity contribution in [2.45, 2.75) is 20.3 Å². The summed E-state index contributed by atoms with van der Waals surface area (Å²) in [5, 5.41) is 2.81. The number of anilines is 2. The number of nitrogen functional groups attached to an aromatic ring is 1. The summed E-state index contributed by atoms with van der Waals surface area (Å²) in [7, 11) is 0. The number of aromatic nitrogens is 1. The zero-order valence-electron chi connectivity index (χ0n) is 11.1. The summed E-state index contributed by atoms with van der Waals surface area (Å²) < 4.78 is 0. The maximum Gasteiger partial charge on any atom is 0.259 e. The van der Waals surface area contributed by atoms with Gasteiger partial charge in [-0.3, -0.25) is 4.79 Å². The van der Waals surface area contributed by atoms with Gasteiger partial charge in [0, 0.05) is 11.4 Å². The summed E-state index contributed by atoms with van der Waals surface area (Å²) in [6.07, 6.45) is 0.975. The molecule has 19 heavy (non-hydrogen) atoms. The molecule has 0 fully saturated rings. The number of carbonyl (C=O) groups is 1. The Hall–Kier alpha value is -2.36. The van der Waals surface area contributed by atoms with Gasteiger partial charge in [0.25, 0.3) is 5.91 Å². The third kappa shape index (κ3) is 3.10. The van der Waals surface area contributed by atoms with E-state index in [9.17, 15) is 4.79 Å². The van der Waals surface area contributed by atoms with E-state index >= 15 is 0 Å². The molecule has 1 heterocycles. The Kier molecular flexibility index (Phi) is 3.80. The third-order valence-corrected chi connectivity index (χ3v) is 2.93. The number of amides is 1. The lowest BCUT2D eigenvalue weighted by molar-refractivity contribution is 0.102. The molecule has 0 atom stereocenters. The van der Waals surface area contributed by atoms with Crippen LogP contribution >= 0.6 is 0 Å². The van der Waals surface area contributed by atoms with Gasteiger partial charge in [-0.1, -0.05) is 19.1 Å². The lowest BCUT2D eigenvalue weighted by Crippen LogP contribution is -2.15. The minimum Gasteiger partial charge on any atom is -0.383 e. The summed E-state index contributed by atoms with van der Waals surface area (Å²) in [5.74, 6) is 0.0110. The quantitative estimate of drug-likeness (QED) is 0.886. The van der Waals surface area contributed by atoms with Gasteiger partial charge in [-0.2, -0.15) is 0 Å². The van der Waals surface area contributed by atoms with Crippen LogP contribution in [0, 0.1) is 6.92 Å². The van der Waals surface area contributed by atoms with Crippen LogP contribution in [-0.4, -0.2) is 10.9 Å². The van der Waals surface area contributed by atoms with E-state index in [2.05, 4.69) is 17.2 Å². The smallest absolute Gasteiger partial charge is 0.259 e. The van der Waals surface area contributed by atoms with E-state index in [0.717, 1.165) is 17.8 Å². The molecular weight excluding hydrogens is 238 g/mol. The van der Waals surface area contributed by atoms with Crippen LogP contribution in [-0.2, 0) is 6.42 Å². The van der Waals surface area contributed by atoms with Crippen LogP contribution in [0.25, 0.3) is 0 Å². The van der Waals surface area contributed by atoms with E-state index in [1.807, 2.05) is 31.2 Å². The van der Waals surface area contributed by atoms with E-state index in [4.69, 9.17) is 5.73 Å². The molecule has 1 amide bonds. The average molecular weight is 255 g/mol. The Bertz CT molecular complexity index is 591. The zero-order valence-corrected chi connectivity index (χ0v) is 11.1. The van der Waals surface area contributed by atoms with Gasteiger partial charge < -0.3 is 11.1 Å². The molecule has 4 heteroatoms. The number of aryl methyl sites for hydroxylation is 2. The van der Waals surface area contributed by atoms with Crippen LogP contribution in [0.1, 0.15) is 28.5 Å². The minimum absolute atomic E-state index is 0.241. The summed E-state index contributed by atoms with van der Waals surface area (Å²) >= 11 is 0. The highest BCUT2D eigenvalue weighted by Crippen LogP contribution is 2.14. The SMILES string of the molecule is CCc1ccc(NC(=O)c2ccc(C)nc2N)cc1. The van der Waals surface area contributed by atoms with Gasteiger partial charge in [0.05, 0.1) is 5.56 Å². The first-order valence-electron chi connectivity index (χ1n) is 6.23. The highest BCUT2D eigenvalue weighted by molar-refractivity contribution is 6.07. The predicted molar refractivity (Wildman–Crippen MR) is 77.2 cm³/mol. The molecule has 0 saturated carbocycles. The van der Waals surface area contributed by atoms with Crippen molar-refractivity contribution in [2.75, 3.05) is 11.1 Å². The maximum atomic E-state index is 12.1. The zero-order chi connectivity index (χ0) is 13.8. The van der Waals surface area contributed by atoms with Crippen molar-refractivity contribution < 1.29 is 4.79 Å². The molecule has 0 aliphatic carbocycles. The highest BCUT2D eigenvalue weighted by atomic mass is 16.1. The second-order valence-corrected chi connectivity index (χ2v) is 4.39. The summed E-state index contributed by atoms with van der Waals surface area (Å²) in [6, 6.07) is 11.2. The number of hydrogen-bond acceptors (Lipinski definition) is 3. The number of nitrogens with one attached hydrogen (secondary N) is 1. The van der Waals surface area contributed by atoms with Gasteiger partial charge in [0.15, 0.2) is 0 Å². The maximum absolute atomic E-state index is 12.1.